The zero-order chi connectivity index (χ0) is 15.5. The molecule has 0 bridgehead atoms. The van der Waals surface area contributed by atoms with E-state index in [1.54, 1.807) is 13.2 Å². The van der Waals surface area contributed by atoms with Gasteiger partial charge in [0.25, 0.3) is 0 Å². The molecule has 2 aromatic rings. The molecule has 1 unspecified atom stereocenters. The Morgan fingerprint density at radius 1 is 1.36 bits per heavy atom. The summed E-state index contributed by atoms with van der Waals surface area (Å²) in [4.78, 5) is 14.1. The molecule has 0 fully saturated rings. The molecule has 0 radical (unpaired) electrons. The van der Waals surface area contributed by atoms with Crippen LogP contribution in [0, 0.1) is 0 Å². The Morgan fingerprint density at radius 3 is 2.86 bits per heavy atom. The minimum atomic E-state index is 0.0415. The number of fused-ring (bicyclic) bond motifs is 1. The van der Waals surface area contributed by atoms with Crippen molar-refractivity contribution >= 4 is 17.5 Å². The van der Waals surface area contributed by atoms with Gasteiger partial charge in [0, 0.05) is 37.9 Å². The molecule has 116 valence electrons. The topological polar surface area (TPSA) is 50.2 Å². The van der Waals surface area contributed by atoms with Gasteiger partial charge in [0.2, 0.25) is 5.91 Å². The van der Waals surface area contributed by atoms with Crippen LogP contribution in [0.3, 0.4) is 0 Å². The van der Waals surface area contributed by atoms with Crippen molar-refractivity contribution in [2.75, 3.05) is 13.6 Å². The van der Waals surface area contributed by atoms with E-state index < -0.39 is 0 Å². The SMILES string of the molecule is CNC(=O)CC1CN(Cc2ccc(Cl)cc2)Cc2ccnn21. The Balaban J connectivity index is 1.74. The van der Waals surface area contributed by atoms with E-state index in [2.05, 4.69) is 15.3 Å². The van der Waals surface area contributed by atoms with E-state index in [1.165, 1.54) is 5.56 Å². The Hall–Kier alpha value is -1.85. The highest BCUT2D eigenvalue weighted by Crippen LogP contribution is 2.24. The van der Waals surface area contributed by atoms with Crippen molar-refractivity contribution in [3.8, 4) is 0 Å². The van der Waals surface area contributed by atoms with Gasteiger partial charge in [-0.3, -0.25) is 14.4 Å². The number of nitrogens with one attached hydrogen (secondary N) is 1. The summed E-state index contributed by atoms with van der Waals surface area (Å²) < 4.78 is 1.98. The normalized spacial score (nSPS) is 18.0. The average Bonchev–Trinajstić information content (AvgIpc) is 2.98. The first-order chi connectivity index (χ1) is 10.7. The van der Waals surface area contributed by atoms with Crippen molar-refractivity contribution in [2.45, 2.75) is 25.6 Å². The van der Waals surface area contributed by atoms with E-state index in [-0.39, 0.29) is 11.9 Å². The van der Waals surface area contributed by atoms with Crippen LogP contribution in [0.25, 0.3) is 0 Å². The number of nitrogens with zero attached hydrogens (tertiary/aromatic N) is 3. The maximum absolute atomic E-state index is 11.7. The van der Waals surface area contributed by atoms with Crippen LogP contribution >= 0.6 is 11.6 Å². The van der Waals surface area contributed by atoms with Gasteiger partial charge in [-0.2, -0.15) is 5.10 Å². The standard InChI is InChI=1S/C16H19ClN4O/c1-18-16(22)8-15-11-20(10-14-6-7-19-21(14)15)9-12-2-4-13(17)5-3-12/h2-7,15H,8-11H2,1H3,(H,18,22). The summed E-state index contributed by atoms with van der Waals surface area (Å²) >= 11 is 5.93. The summed E-state index contributed by atoms with van der Waals surface area (Å²) in [6.45, 7) is 2.49. The third-order valence-electron chi connectivity index (χ3n) is 3.97. The van der Waals surface area contributed by atoms with Crippen molar-refractivity contribution in [2.24, 2.45) is 0 Å². The quantitative estimate of drug-likeness (QED) is 0.940. The number of hydrogen-bond acceptors (Lipinski definition) is 3. The van der Waals surface area contributed by atoms with Crippen molar-refractivity contribution in [3.63, 3.8) is 0 Å². The summed E-state index contributed by atoms with van der Waals surface area (Å²) in [7, 11) is 1.67. The van der Waals surface area contributed by atoms with E-state index in [0.717, 1.165) is 30.4 Å². The summed E-state index contributed by atoms with van der Waals surface area (Å²) in [5.41, 5.74) is 2.37. The Morgan fingerprint density at radius 2 is 2.14 bits per heavy atom. The Kier molecular flexibility index (Phi) is 4.45. The second-order valence-corrected chi connectivity index (χ2v) is 6.03. The number of halogens is 1. The lowest BCUT2D eigenvalue weighted by Gasteiger charge is -2.33. The van der Waals surface area contributed by atoms with Crippen LogP contribution < -0.4 is 5.32 Å². The molecular weight excluding hydrogens is 300 g/mol. The first kappa shape index (κ1) is 15.1. The van der Waals surface area contributed by atoms with Crippen LogP contribution in [-0.4, -0.2) is 34.2 Å². The van der Waals surface area contributed by atoms with Crippen LogP contribution in [0.1, 0.15) is 23.7 Å². The van der Waals surface area contributed by atoms with Crippen LogP contribution in [0.15, 0.2) is 36.5 Å². The molecule has 1 N–H and O–H groups in total. The minimum absolute atomic E-state index is 0.0415. The molecule has 1 atom stereocenters. The molecule has 22 heavy (non-hydrogen) atoms. The molecule has 0 saturated heterocycles. The highest BCUT2D eigenvalue weighted by Gasteiger charge is 2.27. The number of rotatable bonds is 4. The van der Waals surface area contributed by atoms with E-state index in [1.807, 2.05) is 35.0 Å². The van der Waals surface area contributed by atoms with Gasteiger partial charge < -0.3 is 5.32 Å². The fraction of sp³-hybridized carbons (Fsp3) is 0.375. The zero-order valence-electron chi connectivity index (χ0n) is 12.5. The van der Waals surface area contributed by atoms with E-state index in [4.69, 9.17) is 11.6 Å². The molecule has 1 aliphatic heterocycles. The van der Waals surface area contributed by atoms with Gasteiger partial charge in [0.05, 0.1) is 18.2 Å². The largest absolute Gasteiger partial charge is 0.359 e. The maximum atomic E-state index is 11.7. The van der Waals surface area contributed by atoms with Crippen molar-refractivity contribution in [3.05, 3.63) is 52.8 Å². The first-order valence-electron chi connectivity index (χ1n) is 7.35. The molecule has 1 aromatic heterocycles. The van der Waals surface area contributed by atoms with Gasteiger partial charge in [-0.15, -0.1) is 0 Å². The second-order valence-electron chi connectivity index (χ2n) is 5.59. The second kappa shape index (κ2) is 6.50. The Bertz CT molecular complexity index is 652. The molecule has 0 saturated carbocycles. The number of benzene rings is 1. The van der Waals surface area contributed by atoms with Crippen LogP contribution in [0.4, 0.5) is 0 Å². The number of amides is 1. The van der Waals surface area contributed by atoms with Gasteiger partial charge in [0.1, 0.15) is 0 Å². The first-order valence-corrected chi connectivity index (χ1v) is 7.73. The Labute approximate surface area is 134 Å². The molecular formula is C16H19ClN4O. The molecule has 5 nitrogen and oxygen atoms in total. The third-order valence-corrected chi connectivity index (χ3v) is 4.22. The molecule has 3 rings (SSSR count). The molecule has 1 amide bonds. The molecule has 0 spiro atoms. The van der Waals surface area contributed by atoms with Crippen LogP contribution in [-0.2, 0) is 17.9 Å². The zero-order valence-corrected chi connectivity index (χ0v) is 13.3. The van der Waals surface area contributed by atoms with Crippen molar-refractivity contribution in [1.82, 2.24) is 20.0 Å². The molecule has 1 aliphatic rings. The van der Waals surface area contributed by atoms with Gasteiger partial charge in [0.15, 0.2) is 0 Å². The lowest BCUT2D eigenvalue weighted by Crippen LogP contribution is -2.39. The predicted octanol–water partition coefficient (Wildman–Crippen LogP) is 2.23. The van der Waals surface area contributed by atoms with E-state index in [0.29, 0.717) is 6.42 Å². The van der Waals surface area contributed by atoms with Gasteiger partial charge in [-0.05, 0) is 23.8 Å². The summed E-state index contributed by atoms with van der Waals surface area (Å²) in [5, 5.41) is 7.81. The van der Waals surface area contributed by atoms with Crippen molar-refractivity contribution in [1.29, 1.82) is 0 Å². The fourth-order valence-electron chi connectivity index (χ4n) is 2.90. The summed E-state index contributed by atoms with van der Waals surface area (Å²) in [6.07, 6.45) is 2.25. The highest BCUT2D eigenvalue weighted by molar-refractivity contribution is 6.30. The average molecular weight is 319 g/mol. The minimum Gasteiger partial charge on any atom is -0.359 e. The van der Waals surface area contributed by atoms with Gasteiger partial charge in [-0.1, -0.05) is 23.7 Å². The summed E-state index contributed by atoms with van der Waals surface area (Å²) in [6, 6.07) is 10.0. The van der Waals surface area contributed by atoms with Crippen LogP contribution in [0.2, 0.25) is 5.02 Å². The smallest absolute Gasteiger partial charge is 0.221 e. The van der Waals surface area contributed by atoms with E-state index >= 15 is 0 Å². The van der Waals surface area contributed by atoms with Gasteiger partial charge in [-0.25, -0.2) is 0 Å². The molecule has 2 heterocycles. The maximum Gasteiger partial charge on any atom is 0.221 e. The highest BCUT2D eigenvalue weighted by atomic mass is 35.5. The predicted molar refractivity (Wildman–Crippen MR) is 85.5 cm³/mol. The lowest BCUT2D eigenvalue weighted by molar-refractivity contribution is -0.121. The summed E-state index contributed by atoms with van der Waals surface area (Å²) in [5.74, 6) is 0.0415. The van der Waals surface area contributed by atoms with Gasteiger partial charge >= 0.3 is 0 Å². The van der Waals surface area contributed by atoms with Crippen molar-refractivity contribution < 1.29 is 4.79 Å². The van der Waals surface area contributed by atoms with E-state index in [9.17, 15) is 4.79 Å². The number of aromatic nitrogens is 2. The number of hydrogen-bond donors (Lipinski definition) is 1. The third kappa shape index (κ3) is 3.31. The van der Waals surface area contributed by atoms with Crippen LogP contribution in [0.5, 0.6) is 0 Å². The monoisotopic (exact) mass is 318 g/mol. The lowest BCUT2D eigenvalue weighted by atomic mass is 10.1. The fourth-order valence-corrected chi connectivity index (χ4v) is 3.03. The molecule has 6 heteroatoms. The number of carbonyl (C=O) groups excluding carboxylic acids is 1. The molecule has 0 aliphatic carbocycles. The molecule has 1 aromatic carbocycles. The number of carbonyl (C=O) groups is 1.